The van der Waals surface area contributed by atoms with Crippen molar-refractivity contribution in [3.8, 4) is 0 Å². The molecule has 2 N–H and O–H groups in total. The Balaban J connectivity index is 2.24. The minimum absolute atomic E-state index is 0.242. The summed E-state index contributed by atoms with van der Waals surface area (Å²) in [5, 5.41) is 12.9. The molecular weight excluding hydrogens is 518 g/mol. The maximum absolute atomic E-state index is 13.3. The molecule has 0 atom stereocenters. The lowest BCUT2D eigenvalue weighted by molar-refractivity contribution is -0.138. The molecule has 1 aromatic heterocycles. The van der Waals surface area contributed by atoms with Gasteiger partial charge in [-0.15, -0.1) is 11.8 Å². The van der Waals surface area contributed by atoms with Crippen LogP contribution in [0, 0.1) is 13.8 Å². The Hall–Kier alpha value is -2.77. The largest absolute Gasteiger partial charge is 0.480 e. The number of thioether (sulfide) groups is 1. The quantitative estimate of drug-likeness (QED) is 0.180. The molecule has 0 radical (unpaired) electrons. The highest BCUT2D eigenvalue weighted by molar-refractivity contribution is 8.05. The third-order valence-corrected chi connectivity index (χ3v) is 7.60. The van der Waals surface area contributed by atoms with Crippen LogP contribution in [0.3, 0.4) is 0 Å². The number of aryl methyl sites for hydroxylation is 1. The predicted octanol–water partition coefficient (Wildman–Crippen LogP) is 8.45. The number of aliphatic carboxylic acids is 1. The van der Waals surface area contributed by atoms with Crippen LogP contribution in [0.25, 0.3) is 5.57 Å². The second kappa shape index (κ2) is 14.4. The number of carboxylic acids is 1. The maximum atomic E-state index is 13.3. The monoisotopic (exact) mass is 557 g/mol. The fourth-order valence-electron chi connectivity index (χ4n) is 3.98. The summed E-state index contributed by atoms with van der Waals surface area (Å²) in [6.07, 6.45) is 10.6. The van der Waals surface area contributed by atoms with E-state index in [1.807, 2.05) is 45.1 Å². The van der Waals surface area contributed by atoms with Crippen LogP contribution >= 0.6 is 23.4 Å². The topological polar surface area (TPSA) is 84.2 Å². The number of benzene rings is 1. The van der Waals surface area contributed by atoms with E-state index < -0.39 is 10.7 Å². The molecule has 0 aliphatic carbocycles. The van der Waals surface area contributed by atoms with E-state index in [1.165, 1.54) is 11.8 Å². The fourth-order valence-corrected chi connectivity index (χ4v) is 5.11. The highest BCUT2D eigenvalue weighted by Gasteiger charge is 2.28. The standard InChI is InChI=1S/C30H40ClN3O3S/c1-8-10-13-18-34-22(5)26(28(35)32-25-17-16-24(31)19-20(25)3)33-27(34)23(9-2)15-12-11-14-21(4)38-30(6,7)29(36)37/h9,11,14,16-17,19H,4,8,10,12-13,15,18H2,1-3,5-7H3,(H,32,35)(H,36,37)/b14-11-,23-9+. The number of unbranched alkanes of at least 4 members (excludes halogenated alkanes) is 2. The molecule has 0 spiro atoms. The van der Waals surface area contributed by atoms with Crippen LogP contribution in [0.2, 0.25) is 5.02 Å². The molecule has 6 nitrogen and oxygen atoms in total. The van der Waals surface area contributed by atoms with Gasteiger partial charge in [-0.05, 0) is 83.2 Å². The van der Waals surface area contributed by atoms with Crippen LogP contribution in [-0.2, 0) is 11.3 Å². The number of nitrogens with one attached hydrogen (secondary N) is 1. The Morgan fingerprint density at radius 3 is 2.58 bits per heavy atom. The summed E-state index contributed by atoms with van der Waals surface area (Å²) in [5.74, 6) is -0.301. The van der Waals surface area contributed by atoms with E-state index in [2.05, 4.69) is 23.4 Å². The van der Waals surface area contributed by atoms with E-state index in [0.717, 1.165) is 61.3 Å². The van der Waals surface area contributed by atoms with Crippen molar-refractivity contribution in [3.05, 3.63) is 75.7 Å². The number of amides is 1. The first-order valence-corrected chi connectivity index (χ1v) is 14.2. The van der Waals surface area contributed by atoms with Crippen molar-refractivity contribution < 1.29 is 14.7 Å². The highest BCUT2D eigenvalue weighted by Crippen LogP contribution is 2.32. The van der Waals surface area contributed by atoms with E-state index in [-0.39, 0.29) is 5.91 Å². The summed E-state index contributed by atoms with van der Waals surface area (Å²) in [7, 11) is 0. The van der Waals surface area contributed by atoms with Crippen molar-refractivity contribution >= 4 is 46.5 Å². The predicted molar refractivity (Wildman–Crippen MR) is 161 cm³/mol. The average Bonchev–Trinajstić information content (AvgIpc) is 3.16. The molecule has 8 heteroatoms. The number of rotatable bonds is 14. The fraction of sp³-hybridized carbons (Fsp3) is 0.433. The van der Waals surface area contributed by atoms with Gasteiger partial charge in [-0.2, -0.15) is 0 Å². The van der Waals surface area contributed by atoms with Gasteiger partial charge in [-0.1, -0.05) is 56.2 Å². The molecule has 1 amide bonds. The van der Waals surface area contributed by atoms with Crippen LogP contribution in [0.4, 0.5) is 5.69 Å². The number of aromatic nitrogens is 2. The molecule has 0 aliphatic heterocycles. The number of allylic oxidation sites excluding steroid dienone is 4. The Labute approximate surface area is 236 Å². The number of carboxylic acid groups (broad SMARTS) is 1. The lowest BCUT2D eigenvalue weighted by Gasteiger charge is -2.18. The zero-order chi connectivity index (χ0) is 28.5. The van der Waals surface area contributed by atoms with Crippen LogP contribution in [0.5, 0.6) is 0 Å². The normalized spacial score (nSPS) is 12.2. The van der Waals surface area contributed by atoms with E-state index in [4.69, 9.17) is 16.6 Å². The zero-order valence-electron chi connectivity index (χ0n) is 23.4. The lowest BCUT2D eigenvalue weighted by atomic mass is 10.1. The molecule has 0 saturated heterocycles. The molecule has 0 unspecified atom stereocenters. The molecule has 1 aromatic carbocycles. The minimum atomic E-state index is -0.932. The zero-order valence-corrected chi connectivity index (χ0v) is 24.9. The van der Waals surface area contributed by atoms with Crippen molar-refractivity contribution in [2.75, 3.05) is 5.32 Å². The number of carbonyl (C=O) groups excluding carboxylic acids is 1. The molecule has 0 aliphatic rings. The van der Waals surface area contributed by atoms with E-state index >= 15 is 0 Å². The maximum Gasteiger partial charge on any atom is 0.319 e. The van der Waals surface area contributed by atoms with Crippen LogP contribution in [-0.4, -0.2) is 31.3 Å². The van der Waals surface area contributed by atoms with Gasteiger partial charge in [0, 0.05) is 27.9 Å². The van der Waals surface area contributed by atoms with Crippen molar-refractivity contribution in [1.29, 1.82) is 0 Å². The summed E-state index contributed by atoms with van der Waals surface area (Å²) >= 11 is 7.30. The van der Waals surface area contributed by atoms with Crippen LogP contribution in [0.1, 0.15) is 87.4 Å². The van der Waals surface area contributed by atoms with Gasteiger partial charge in [0.1, 0.15) is 16.3 Å². The van der Waals surface area contributed by atoms with Crippen LogP contribution < -0.4 is 5.32 Å². The number of nitrogens with zero attached hydrogens (tertiary/aromatic N) is 2. The summed E-state index contributed by atoms with van der Waals surface area (Å²) in [6, 6.07) is 5.38. The molecule has 0 saturated carbocycles. The third-order valence-electron chi connectivity index (χ3n) is 6.28. The number of anilines is 1. The smallest absolute Gasteiger partial charge is 0.319 e. The van der Waals surface area contributed by atoms with Crippen molar-refractivity contribution in [1.82, 2.24) is 9.55 Å². The van der Waals surface area contributed by atoms with Gasteiger partial charge in [0.25, 0.3) is 5.91 Å². The van der Waals surface area contributed by atoms with Gasteiger partial charge in [-0.3, -0.25) is 9.59 Å². The molecule has 206 valence electrons. The second-order valence-electron chi connectivity index (χ2n) is 9.78. The van der Waals surface area contributed by atoms with E-state index in [1.54, 1.807) is 26.0 Å². The van der Waals surface area contributed by atoms with Gasteiger partial charge < -0.3 is 15.0 Å². The molecular formula is C30H40ClN3O3S. The van der Waals surface area contributed by atoms with Gasteiger partial charge in [-0.25, -0.2) is 4.98 Å². The molecule has 2 rings (SSSR count). The first-order valence-electron chi connectivity index (χ1n) is 13.0. The Morgan fingerprint density at radius 1 is 1.26 bits per heavy atom. The summed E-state index contributed by atoms with van der Waals surface area (Å²) < 4.78 is 1.22. The second-order valence-corrected chi connectivity index (χ2v) is 12.0. The Morgan fingerprint density at radius 2 is 1.97 bits per heavy atom. The van der Waals surface area contributed by atoms with Gasteiger partial charge in [0.2, 0.25) is 0 Å². The van der Waals surface area contributed by atoms with Gasteiger partial charge in [0.15, 0.2) is 0 Å². The van der Waals surface area contributed by atoms with Gasteiger partial charge in [0.05, 0.1) is 0 Å². The van der Waals surface area contributed by atoms with Crippen molar-refractivity contribution in [2.45, 2.75) is 84.9 Å². The SMILES string of the molecule is C=C(/C=C\CC/C(=C\C)c1nc(C(=O)Nc2ccc(Cl)cc2C)c(C)n1CCCCC)SC(C)(C)C(=O)O. The van der Waals surface area contributed by atoms with E-state index in [9.17, 15) is 14.7 Å². The molecule has 0 bridgehead atoms. The minimum Gasteiger partial charge on any atom is -0.480 e. The number of hydrogen-bond donors (Lipinski definition) is 2. The summed E-state index contributed by atoms with van der Waals surface area (Å²) in [6.45, 7) is 16.1. The average molecular weight is 558 g/mol. The Bertz CT molecular complexity index is 1230. The molecule has 2 aromatic rings. The number of halogens is 1. The number of carbonyl (C=O) groups is 2. The number of imidazole rings is 1. The van der Waals surface area contributed by atoms with Gasteiger partial charge >= 0.3 is 5.97 Å². The summed E-state index contributed by atoms with van der Waals surface area (Å²) in [4.78, 5) is 30.2. The molecule has 38 heavy (non-hydrogen) atoms. The van der Waals surface area contributed by atoms with Crippen LogP contribution in [0.15, 0.2) is 47.9 Å². The molecule has 0 fully saturated rings. The summed E-state index contributed by atoms with van der Waals surface area (Å²) in [5.41, 5.74) is 3.91. The first kappa shape index (κ1) is 31.4. The lowest BCUT2D eigenvalue weighted by Crippen LogP contribution is -2.26. The Kier molecular flexibility index (Phi) is 11.9. The number of hydrogen-bond acceptors (Lipinski definition) is 4. The van der Waals surface area contributed by atoms with E-state index in [0.29, 0.717) is 21.3 Å². The highest BCUT2D eigenvalue weighted by atomic mass is 35.5. The van der Waals surface area contributed by atoms with Crippen molar-refractivity contribution in [2.24, 2.45) is 0 Å². The third kappa shape index (κ3) is 8.63. The van der Waals surface area contributed by atoms with Crippen molar-refractivity contribution in [3.63, 3.8) is 0 Å². The first-order chi connectivity index (χ1) is 17.9. The molecule has 1 heterocycles.